The Morgan fingerprint density at radius 2 is 1.69 bits per heavy atom. The minimum atomic E-state index is -4.47. The number of hydrogen-bond acceptors (Lipinski definition) is 3. The number of benzene rings is 2. The first kappa shape index (κ1) is 22.8. The van der Waals surface area contributed by atoms with Gasteiger partial charge in [-0.2, -0.15) is 13.2 Å². The quantitative estimate of drug-likeness (QED) is 0.515. The Morgan fingerprint density at radius 1 is 1.03 bits per heavy atom. The monoisotopic (exact) mass is 424 g/mol. The van der Waals surface area contributed by atoms with Gasteiger partial charge in [0.05, 0.1) is 10.8 Å². The highest BCUT2D eigenvalue weighted by Crippen LogP contribution is 2.31. The van der Waals surface area contributed by atoms with Crippen LogP contribution in [0.15, 0.2) is 53.4 Å². The predicted molar refractivity (Wildman–Crippen MR) is 110 cm³/mol. The summed E-state index contributed by atoms with van der Waals surface area (Å²) in [5, 5.41) is 4.79. The van der Waals surface area contributed by atoms with Crippen molar-refractivity contribution >= 4 is 35.0 Å². The highest BCUT2D eigenvalue weighted by molar-refractivity contribution is 8.00. The van der Waals surface area contributed by atoms with Crippen LogP contribution in [0.2, 0.25) is 0 Å². The van der Waals surface area contributed by atoms with Gasteiger partial charge in [0, 0.05) is 22.7 Å². The van der Waals surface area contributed by atoms with E-state index in [4.69, 9.17) is 0 Å². The molecule has 2 aromatic rings. The molecule has 2 aromatic carbocycles. The minimum Gasteiger partial charge on any atom is -0.326 e. The zero-order valence-electron chi connectivity index (χ0n) is 16.2. The van der Waals surface area contributed by atoms with E-state index in [1.807, 2.05) is 6.92 Å². The van der Waals surface area contributed by atoms with E-state index in [9.17, 15) is 22.8 Å². The van der Waals surface area contributed by atoms with E-state index in [2.05, 4.69) is 10.6 Å². The van der Waals surface area contributed by atoms with Crippen LogP contribution in [0.5, 0.6) is 0 Å². The summed E-state index contributed by atoms with van der Waals surface area (Å²) in [6.07, 6.45) is -2.28. The number of carbonyl (C=O) groups is 2. The maximum atomic E-state index is 12.8. The summed E-state index contributed by atoms with van der Waals surface area (Å²) in [4.78, 5) is 25.0. The average molecular weight is 424 g/mol. The molecule has 0 aliphatic rings. The number of nitrogens with one attached hydrogen (secondary N) is 2. The molecule has 2 N–H and O–H groups in total. The molecule has 1 unspecified atom stereocenters. The topological polar surface area (TPSA) is 58.2 Å². The van der Waals surface area contributed by atoms with Gasteiger partial charge in [-0.15, -0.1) is 11.8 Å². The molecule has 0 aliphatic carbocycles. The largest absolute Gasteiger partial charge is 0.416 e. The van der Waals surface area contributed by atoms with Gasteiger partial charge in [-0.1, -0.05) is 25.5 Å². The molecule has 2 amide bonds. The molecule has 0 saturated heterocycles. The molecule has 0 saturated carbocycles. The molecule has 0 aliphatic heterocycles. The lowest BCUT2D eigenvalue weighted by Crippen LogP contribution is -2.22. The molecule has 0 spiro atoms. The number of carbonyl (C=O) groups excluding carboxylic acids is 2. The van der Waals surface area contributed by atoms with E-state index >= 15 is 0 Å². The second kappa shape index (κ2) is 10.3. The number of hydrogen-bond donors (Lipinski definition) is 2. The molecular weight excluding hydrogens is 401 g/mol. The standard InChI is InChI=1S/C21H23F3N2O2S/c1-3-4-11-19(27)25-17-9-6-10-18(13-17)29-14(2)20(28)26-16-8-5-7-15(12-16)21(22,23)24/h5-10,12-14H,3-4,11H2,1-2H3,(H,25,27)(H,26,28). The van der Waals surface area contributed by atoms with Gasteiger partial charge in [-0.3, -0.25) is 9.59 Å². The van der Waals surface area contributed by atoms with Crippen molar-refractivity contribution < 1.29 is 22.8 Å². The summed E-state index contributed by atoms with van der Waals surface area (Å²) in [5.74, 6) is -0.476. The fourth-order valence-electron chi connectivity index (χ4n) is 2.48. The number of amides is 2. The molecule has 0 fully saturated rings. The lowest BCUT2D eigenvalue weighted by Gasteiger charge is -2.14. The van der Waals surface area contributed by atoms with Gasteiger partial charge in [-0.25, -0.2) is 0 Å². The minimum absolute atomic E-state index is 0.0654. The van der Waals surface area contributed by atoms with Gasteiger partial charge >= 0.3 is 6.18 Å². The van der Waals surface area contributed by atoms with Crippen molar-refractivity contribution in [3.05, 3.63) is 54.1 Å². The fraction of sp³-hybridized carbons (Fsp3) is 0.333. The lowest BCUT2D eigenvalue weighted by atomic mass is 10.2. The van der Waals surface area contributed by atoms with Crippen molar-refractivity contribution in [2.75, 3.05) is 10.6 Å². The van der Waals surface area contributed by atoms with Gasteiger partial charge < -0.3 is 10.6 Å². The van der Waals surface area contributed by atoms with Crippen LogP contribution < -0.4 is 10.6 Å². The van der Waals surface area contributed by atoms with Crippen LogP contribution in [-0.2, 0) is 15.8 Å². The first-order valence-corrected chi connectivity index (χ1v) is 10.1. The molecular formula is C21H23F3N2O2S. The number of thioether (sulfide) groups is 1. The molecule has 4 nitrogen and oxygen atoms in total. The maximum Gasteiger partial charge on any atom is 0.416 e. The van der Waals surface area contributed by atoms with Crippen LogP contribution in [-0.4, -0.2) is 17.1 Å². The second-order valence-electron chi connectivity index (χ2n) is 6.51. The highest BCUT2D eigenvalue weighted by Gasteiger charge is 2.30. The highest BCUT2D eigenvalue weighted by atomic mass is 32.2. The van der Waals surface area contributed by atoms with E-state index in [0.29, 0.717) is 12.1 Å². The Morgan fingerprint density at radius 3 is 2.34 bits per heavy atom. The number of rotatable bonds is 8. The first-order chi connectivity index (χ1) is 13.7. The van der Waals surface area contributed by atoms with Crippen LogP contribution in [0, 0.1) is 0 Å². The summed E-state index contributed by atoms with van der Waals surface area (Å²) >= 11 is 1.25. The molecule has 29 heavy (non-hydrogen) atoms. The summed E-state index contributed by atoms with van der Waals surface area (Å²) in [5.41, 5.74) is -0.0853. The summed E-state index contributed by atoms with van der Waals surface area (Å²) in [6, 6.07) is 11.6. The van der Waals surface area contributed by atoms with E-state index in [-0.39, 0.29) is 11.6 Å². The zero-order chi connectivity index (χ0) is 21.4. The van der Waals surface area contributed by atoms with Crippen molar-refractivity contribution in [1.82, 2.24) is 0 Å². The normalized spacial score (nSPS) is 12.3. The third kappa shape index (κ3) is 7.45. The van der Waals surface area contributed by atoms with Crippen LogP contribution >= 0.6 is 11.8 Å². The molecule has 0 heterocycles. The molecule has 1 atom stereocenters. The van der Waals surface area contributed by atoms with E-state index < -0.39 is 22.9 Å². The Labute approximate surface area is 172 Å². The van der Waals surface area contributed by atoms with Crippen molar-refractivity contribution in [3.8, 4) is 0 Å². The van der Waals surface area contributed by atoms with Gasteiger partial charge in [0.15, 0.2) is 0 Å². The number of anilines is 2. The fourth-order valence-corrected chi connectivity index (χ4v) is 3.41. The molecule has 0 aromatic heterocycles. The van der Waals surface area contributed by atoms with Crippen molar-refractivity contribution in [2.24, 2.45) is 0 Å². The Kier molecular flexibility index (Phi) is 8.13. The summed E-state index contributed by atoms with van der Waals surface area (Å²) in [6.45, 7) is 3.68. The van der Waals surface area contributed by atoms with E-state index in [0.717, 1.165) is 29.9 Å². The maximum absolute atomic E-state index is 12.8. The molecule has 156 valence electrons. The molecule has 8 heteroatoms. The average Bonchev–Trinajstić information content (AvgIpc) is 2.66. The smallest absolute Gasteiger partial charge is 0.326 e. The SMILES string of the molecule is CCCCC(=O)Nc1cccc(SC(C)C(=O)Nc2cccc(C(F)(F)F)c2)c1. The van der Waals surface area contributed by atoms with Gasteiger partial charge in [0.25, 0.3) is 0 Å². The van der Waals surface area contributed by atoms with Gasteiger partial charge in [0.1, 0.15) is 0 Å². The van der Waals surface area contributed by atoms with Gasteiger partial charge in [0.2, 0.25) is 11.8 Å². The lowest BCUT2D eigenvalue weighted by molar-refractivity contribution is -0.137. The Balaban J connectivity index is 1.97. The van der Waals surface area contributed by atoms with E-state index in [1.54, 1.807) is 31.2 Å². The van der Waals surface area contributed by atoms with E-state index in [1.165, 1.54) is 23.9 Å². The van der Waals surface area contributed by atoms with Crippen LogP contribution in [0.4, 0.5) is 24.5 Å². The zero-order valence-corrected chi connectivity index (χ0v) is 17.0. The molecule has 0 radical (unpaired) electrons. The van der Waals surface area contributed by atoms with Crippen molar-refractivity contribution in [3.63, 3.8) is 0 Å². The van der Waals surface area contributed by atoms with Crippen LogP contribution in [0.3, 0.4) is 0 Å². The molecule has 2 rings (SSSR count). The molecule has 0 bridgehead atoms. The second-order valence-corrected chi connectivity index (χ2v) is 7.92. The number of unbranched alkanes of at least 4 members (excludes halogenated alkanes) is 1. The predicted octanol–water partition coefficient (Wildman–Crippen LogP) is 5.95. The Hall–Kier alpha value is -2.48. The third-order valence-electron chi connectivity index (χ3n) is 4.01. The van der Waals surface area contributed by atoms with Gasteiger partial charge in [-0.05, 0) is 49.7 Å². The number of alkyl halides is 3. The van der Waals surface area contributed by atoms with Crippen LogP contribution in [0.1, 0.15) is 38.7 Å². The Bertz CT molecular complexity index is 856. The summed E-state index contributed by atoms with van der Waals surface area (Å²) in [7, 11) is 0. The van der Waals surface area contributed by atoms with Crippen LogP contribution in [0.25, 0.3) is 0 Å². The third-order valence-corrected chi connectivity index (χ3v) is 5.11. The summed E-state index contributed by atoms with van der Waals surface area (Å²) < 4.78 is 38.4. The van der Waals surface area contributed by atoms with Crippen molar-refractivity contribution in [2.45, 2.75) is 49.4 Å². The van der Waals surface area contributed by atoms with Crippen molar-refractivity contribution in [1.29, 1.82) is 0 Å². The number of halogens is 3. The first-order valence-electron chi connectivity index (χ1n) is 9.23.